The highest BCUT2D eigenvalue weighted by atomic mass is 16.3. The molecule has 0 aliphatic carbocycles. The molecule has 0 saturated carbocycles. The Morgan fingerprint density at radius 1 is 1.22 bits per heavy atom. The molecule has 96 valence electrons. The molecule has 2 rings (SSSR count). The summed E-state index contributed by atoms with van der Waals surface area (Å²) in [5.74, 6) is 1.80. The Morgan fingerprint density at radius 2 is 2.00 bits per heavy atom. The predicted octanol–water partition coefficient (Wildman–Crippen LogP) is 3.19. The van der Waals surface area contributed by atoms with Gasteiger partial charge in [-0.1, -0.05) is 13.8 Å². The lowest BCUT2D eigenvalue weighted by Crippen LogP contribution is -2.20. The number of rotatable bonds is 6. The van der Waals surface area contributed by atoms with Gasteiger partial charge in [0.25, 0.3) is 0 Å². The molecule has 4 heteroatoms. The van der Waals surface area contributed by atoms with Crippen LogP contribution in [0.3, 0.4) is 0 Å². The lowest BCUT2D eigenvalue weighted by molar-refractivity contribution is 0.411. The van der Waals surface area contributed by atoms with Gasteiger partial charge < -0.3 is 9.73 Å². The Bertz CT molecular complexity index is 467. The van der Waals surface area contributed by atoms with E-state index in [-0.39, 0.29) is 6.04 Å². The van der Waals surface area contributed by atoms with Gasteiger partial charge in [-0.15, -0.1) is 0 Å². The van der Waals surface area contributed by atoms with Crippen molar-refractivity contribution in [1.29, 1.82) is 0 Å². The van der Waals surface area contributed by atoms with Crippen LogP contribution in [0.25, 0.3) is 11.3 Å². The van der Waals surface area contributed by atoms with Crippen LogP contribution >= 0.6 is 0 Å². The zero-order chi connectivity index (χ0) is 12.8. The molecule has 4 nitrogen and oxygen atoms in total. The van der Waals surface area contributed by atoms with Gasteiger partial charge in [0.1, 0.15) is 17.8 Å². The fraction of sp³-hybridized carbons (Fsp3) is 0.429. The minimum absolute atomic E-state index is 0.281. The zero-order valence-corrected chi connectivity index (χ0v) is 10.9. The third kappa shape index (κ3) is 2.96. The monoisotopic (exact) mass is 245 g/mol. The molecule has 2 aromatic heterocycles. The molecule has 1 atom stereocenters. The summed E-state index contributed by atoms with van der Waals surface area (Å²) >= 11 is 0. The topological polar surface area (TPSA) is 51.0 Å². The molecule has 1 unspecified atom stereocenters. The van der Waals surface area contributed by atoms with Gasteiger partial charge in [0.15, 0.2) is 0 Å². The number of nitrogens with one attached hydrogen (secondary N) is 1. The van der Waals surface area contributed by atoms with Crippen molar-refractivity contribution in [1.82, 2.24) is 15.3 Å². The Hall–Kier alpha value is -1.68. The Balaban J connectivity index is 2.14. The average Bonchev–Trinajstić information content (AvgIpc) is 2.90. The van der Waals surface area contributed by atoms with Gasteiger partial charge in [-0.25, -0.2) is 9.97 Å². The van der Waals surface area contributed by atoms with Crippen LogP contribution in [0, 0.1) is 0 Å². The summed E-state index contributed by atoms with van der Waals surface area (Å²) in [6.07, 6.45) is 7.17. The van der Waals surface area contributed by atoms with E-state index in [0.717, 1.165) is 36.5 Å². The molecule has 0 aliphatic heterocycles. The lowest BCUT2D eigenvalue weighted by atomic mass is 10.1. The van der Waals surface area contributed by atoms with E-state index < -0.39 is 0 Å². The van der Waals surface area contributed by atoms with E-state index in [4.69, 9.17) is 4.42 Å². The van der Waals surface area contributed by atoms with Crippen LogP contribution in [0.5, 0.6) is 0 Å². The summed E-state index contributed by atoms with van der Waals surface area (Å²) in [5, 5.41) is 3.48. The highest BCUT2D eigenvalue weighted by Gasteiger charge is 2.13. The summed E-state index contributed by atoms with van der Waals surface area (Å²) in [4.78, 5) is 8.00. The van der Waals surface area contributed by atoms with E-state index in [9.17, 15) is 0 Å². The molecule has 2 heterocycles. The lowest BCUT2D eigenvalue weighted by Gasteiger charge is -2.13. The van der Waals surface area contributed by atoms with Gasteiger partial charge in [0.05, 0.1) is 11.6 Å². The maximum absolute atomic E-state index is 5.88. The summed E-state index contributed by atoms with van der Waals surface area (Å²) in [6.45, 7) is 5.32. The second kappa shape index (κ2) is 6.31. The third-order valence-corrected chi connectivity index (χ3v) is 2.86. The first kappa shape index (κ1) is 12.8. The minimum atomic E-state index is 0.281. The summed E-state index contributed by atoms with van der Waals surface area (Å²) in [6, 6.07) is 4.28. The number of furan rings is 1. The molecule has 1 N–H and O–H groups in total. The first-order valence-electron chi connectivity index (χ1n) is 6.43. The number of hydrogen-bond donors (Lipinski definition) is 1. The first-order valence-corrected chi connectivity index (χ1v) is 6.43. The molecule has 0 amide bonds. The number of aromatic nitrogens is 2. The van der Waals surface area contributed by atoms with Crippen molar-refractivity contribution in [3.63, 3.8) is 0 Å². The molecular weight excluding hydrogens is 226 g/mol. The molecule has 2 aromatic rings. The van der Waals surface area contributed by atoms with E-state index >= 15 is 0 Å². The standard InChI is InChI=1S/C14H19N3O/c1-3-7-17-12(4-2)14-6-5-13(18-14)11-8-15-10-16-9-11/h5-6,8-10,12,17H,3-4,7H2,1-2H3. The van der Waals surface area contributed by atoms with Crippen LogP contribution in [0.1, 0.15) is 38.5 Å². The fourth-order valence-corrected chi connectivity index (χ4v) is 1.89. The third-order valence-electron chi connectivity index (χ3n) is 2.86. The smallest absolute Gasteiger partial charge is 0.137 e. The zero-order valence-electron chi connectivity index (χ0n) is 10.9. The van der Waals surface area contributed by atoms with Crippen molar-refractivity contribution in [2.24, 2.45) is 0 Å². The number of hydrogen-bond acceptors (Lipinski definition) is 4. The molecular formula is C14H19N3O. The van der Waals surface area contributed by atoms with Gasteiger partial charge in [-0.05, 0) is 31.5 Å². The normalized spacial score (nSPS) is 12.6. The largest absolute Gasteiger partial charge is 0.459 e. The van der Waals surface area contributed by atoms with Crippen LogP contribution in [-0.4, -0.2) is 16.5 Å². The number of nitrogens with zero attached hydrogens (tertiary/aromatic N) is 2. The van der Waals surface area contributed by atoms with Gasteiger partial charge in [0.2, 0.25) is 0 Å². The van der Waals surface area contributed by atoms with Gasteiger partial charge in [-0.2, -0.15) is 0 Å². The molecule has 0 saturated heterocycles. The van der Waals surface area contributed by atoms with Crippen molar-refractivity contribution in [3.05, 3.63) is 36.6 Å². The van der Waals surface area contributed by atoms with Crippen molar-refractivity contribution >= 4 is 0 Å². The second-order valence-electron chi connectivity index (χ2n) is 4.24. The predicted molar refractivity (Wildman–Crippen MR) is 71.1 cm³/mol. The molecule has 0 aliphatic rings. The van der Waals surface area contributed by atoms with E-state index in [0.29, 0.717) is 0 Å². The SMILES string of the molecule is CCCNC(CC)c1ccc(-c2cncnc2)o1. The van der Waals surface area contributed by atoms with Crippen molar-refractivity contribution in [2.75, 3.05) is 6.54 Å². The van der Waals surface area contributed by atoms with E-state index in [1.54, 1.807) is 12.4 Å². The maximum Gasteiger partial charge on any atom is 0.137 e. The molecule has 18 heavy (non-hydrogen) atoms. The first-order chi connectivity index (χ1) is 8.85. The minimum Gasteiger partial charge on any atom is -0.459 e. The summed E-state index contributed by atoms with van der Waals surface area (Å²) in [7, 11) is 0. The van der Waals surface area contributed by atoms with Crippen molar-refractivity contribution in [2.45, 2.75) is 32.7 Å². The van der Waals surface area contributed by atoms with Crippen LogP contribution in [-0.2, 0) is 0 Å². The molecule has 0 radical (unpaired) electrons. The van der Waals surface area contributed by atoms with Crippen LogP contribution in [0.4, 0.5) is 0 Å². The average molecular weight is 245 g/mol. The molecule has 0 fully saturated rings. The van der Waals surface area contributed by atoms with Gasteiger partial charge in [-0.3, -0.25) is 0 Å². The maximum atomic E-state index is 5.88. The Morgan fingerprint density at radius 3 is 2.67 bits per heavy atom. The van der Waals surface area contributed by atoms with E-state index in [2.05, 4.69) is 29.1 Å². The highest BCUT2D eigenvalue weighted by molar-refractivity contribution is 5.54. The quantitative estimate of drug-likeness (QED) is 0.849. The second-order valence-corrected chi connectivity index (χ2v) is 4.24. The molecule has 0 bridgehead atoms. The Kier molecular flexibility index (Phi) is 4.47. The van der Waals surface area contributed by atoms with Crippen LogP contribution in [0.2, 0.25) is 0 Å². The van der Waals surface area contributed by atoms with Crippen LogP contribution in [0.15, 0.2) is 35.3 Å². The van der Waals surface area contributed by atoms with Gasteiger partial charge in [0, 0.05) is 12.4 Å². The van der Waals surface area contributed by atoms with E-state index in [1.165, 1.54) is 6.33 Å². The van der Waals surface area contributed by atoms with Gasteiger partial charge >= 0.3 is 0 Å². The summed E-state index contributed by atoms with van der Waals surface area (Å²) in [5.41, 5.74) is 0.911. The highest BCUT2D eigenvalue weighted by Crippen LogP contribution is 2.25. The molecule has 0 aromatic carbocycles. The van der Waals surface area contributed by atoms with Crippen molar-refractivity contribution < 1.29 is 4.42 Å². The van der Waals surface area contributed by atoms with Crippen molar-refractivity contribution in [3.8, 4) is 11.3 Å². The molecule has 0 spiro atoms. The fourth-order valence-electron chi connectivity index (χ4n) is 1.89. The summed E-state index contributed by atoms with van der Waals surface area (Å²) < 4.78 is 5.88. The van der Waals surface area contributed by atoms with E-state index in [1.807, 2.05) is 12.1 Å². The Labute approximate surface area is 107 Å². The van der Waals surface area contributed by atoms with Crippen LogP contribution < -0.4 is 5.32 Å².